The van der Waals surface area contributed by atoms with Crippen molar-refractivity contribution in [1.29, 1.82) is 0 Å². The molecular weight excluding hydrogens is 354 g/mol. The number of urea groups is 1. The fourth-order valence-electron chi connectivity index (χ4n) is 3.52. The number of carbonyl (C=O) groups excluding carboxylic acids is 2. The number of para-hydroxylation sites is 2. The lowest BCUT2D eigenvalue weighted by molar-refractivity contribution is 0.0661. The highest BCUT2D eigenvalue weighted by atomic mass is 16.3. The molecule has 0 unspecified atom stereocenters. The number of hydrogen-bond donors (Lipinski definition) is 2. The summed E-state index contributed by atoms with van der Waals surface area (Å²) in [6.45, 7) is 1.94. The van der Waals surface area contributed by atoms with Crippen molar-refractivity contribution in [3.8, 4) is 0 Å². The van der Waals surface area contributed by atoms with Crippen molar-refractivity contribution in [2.24, 2.45) is 5.92 Å². The lowest BCUT2D eigenvalue weighted by atomic mass is 9.96. The third-order valence-corrected chi connectivity index (χ3v) is 5.12. The lowest BCUT2D eigenvalue weighted by Crippen LogP contribution is -2.42. The Balaban J connectivity index is 1.25. The average Bonchev–Trinajstić information content (AvgIpc) is 3.17. The monoisotopic (exact) mass is 377 g/mol. The van der Waals surface area contributed by atoms with Crippen LogP contribution in [0.25, 0.3) is 11.0 Å². The largest absolute Gasteiger partial charge is 0.451 e. The molecule has 0 spiro atoms. The van der Waals surface area contributed by atoms with Crippen molar-refractivity contribution in [2.45, 2.75) is 12.8 Å². The van der Waals surface area contributed by atoms with Gasteiger partial charge in [0.25, 0.3) is 5.91 Å². The SMILES string of the molecule is O=C(NCC1CCN(C(=O)c2cc3ccccc3o2)CC1)Nc1ccccc1. The third kappa shape index (κ3) is 4.17. The Morgan fingerprint density at radius 3 is 2.46 bits per heavy atom. The van der Waals surface area contributed by atoms with Crippen LogP contribution in [0.5, 0.6) is 0 Å². The number of rotatable bonds is 4. The molecule has 4 rings (SSSR count). The number of amides is 3. The number of hydrogen-bond acceptors (Lipinski definition) is 3. The first-order valence-corrected chi connectivity index (χ1v) is 9.57. The number of likely N-dealkylation sites (tertiary alicyclic amines) is 1. The van der Waals surface area contributed by atoms with Crippen LogP contribution in [0.3, 0.4) is 0 Å². The van der Waals surface area contributed by atoms with E-state index in [1.165, 1.54) is 0 Å². The first-order valence-electron chi connectivity index (χ1n) is 9.57. The molecular formula is C22H23N3O3. The molecule has 144 valence electrons. The van der Waals surface area contributed by atoms with Gasteiger partial charge in [0.1, 0.15) is 5.58 Å². The smallest absolute Gasteiger partial charge is 0.319 e. The number of nitrogens with one attached hydrogen (secondary N) is 2. The van der Waals surface area contributed by atoms with Crippen LogP contribution < -0.4 is 10.6 Å². The molecule has 1 fully saturated rings. The zero-order valence-electron chi connectivity index (χ0n) is 15.6. The summed E-state index contributed by atoms with van der Waals surface area (Å²) in [6, 6.07) is 18.6. The van der Waals surface area contributed by atoms with Gasteiger partial charge in [-0.3, -0.25) is 4.79 Å². The van der Waals surface area contributed by atoms with E-state index in [1.54, 1.807) is 6.07 Å². The van der Waals surface area contributed by atoms with Crippen LogP contribution in [0.1, 0.15) is 23.4 Å². The van der Waals surface area contributed by atoms with Crippen LogP contribution in [-0.4, -0.2) is 36.5 Å². The second kappa shape index (κ2) is 8.17. The Labute approximate surface area is 163 Å². The van der Waals surface area contributed by atoms with Gasteiger partial charge in [0.2, 0.25) is 0 Å². The molecule has 1 aliphatic heterocycles. The van der Waals surface area contributed by atoms with Crippen LogP contribution in [0.15, 0.2) is 65.1 Å². The van der Waals surface area contributed by atoms with Gasteiger partial charge in [-0.2, -0.15) is 0 Å². The molecule has 0 atom stereocenters. The second-order valence-corrected chi connectivity index (χ2v) is 7.09. The van der Waals surface area contributed by atoms with Gasteiger partial charge in [0, 0.05) is 30.7 Å². The highest BCUT2D eigenvalue weighted by Crippen LogP contribution is 2.23. The van der Waals surface area contributed by atoms with Crippen LogP contribution in [0, 0.1) is 5.92 Å². The number of piperidine rings is 1. The van der Waals surface area contributed by atoms with Gasteiger partial charge in [-0.1, -0.05) is 36.4 Å². The molecule has 0 aliphatic carbocycles. The number of fused-ring (bicyclic) bond motifs is 1. The van der Waals surface area contributed by atoms with E-state index in [9.17, 15) is 9.59 Å². The first-order chi connectivity index (χ1) is 13.7. The number of nitrogens with zero attached hydrogens (tertiary/aromatic N) is 1. The Bertz CT molecular complexity index is 926. The molecule has 28 heavy (non-hydrogen) atoms. The summed E-state index contributed by atoms with van der Waals surface area (Å²) < 4.78 is 5.69. The molecule has 0 bridgehead atoms. The summed E-state index contributed by atoms with van der Waals surface area (Å²) >= 11 is 0. The van der Waals surface area contributed by atoms with E-state index < -0.39 is 0 Å². The summed E-state index contributed by atoms with van der Waals surface area (Å²) in [6.07, 6.45) is 1.72. The van der Waals surface area contributed by atoms with Crippen LogP contribution in [0.2, 0.25) is 0 Å². The third-order valence-electron chi connectivity index (χ3n) is 5.12. The zero-order chi connectivity index (χ0) is 19.3. The van der Waals surface area contributed by atoms with E-state index in [4.69, 9.17) is 4.42 Å². The van der Waals surface area contributed by atoms with Crippen LogP contribution in [0.4, 0.5) is 10.5 Å². The highest BCUT2D eigenvalue weighted by molar-refractivity contribution is 5.96. The van der Waals surface area contributed by atoms with Gasteiger partial charge in [-0.05, 0) is 43.0 Å². The predicted octanol–water partition coefficient (Wildman–Crippen LogP) is 4.11. The Morgan fingerprint density at radius 2 is 1.71 bits per heavy atom. The Kier molecular flexibility index (Phi) is 5.28. The highest BCUT2D eigenvalue weighted by Gasteiger charge is 2.25. The van der Waals surface area contributed by atoms with E-state index in [0.717, 1.165) is 29.5 Å². The van der Waals surface area contributed by atoms with Crippen molar-refractivity contribution < 1.29 is 14.0 Å². The molecule has 2 N–H and O–H groups in total. The number of benzene rings is 2. The van der Waals surface area contributed by atoms with E-state index in [2.05, 4.69) is 10.6 Å². The van der Waals surface area contributed by atoms with Gasteiger partial charge < -0.3 is 20.0 Å². The predicted molar refractivity (Wildman–Crippen MR) is 108 cm³/mol. The maximum atomic E-state index is 12.7. The topological polar surface area (TPSA) is 74.6 Å². The quantitative estimate of drug-likeness (QED) is 0.719. The minimum absolute atomic E-state index is 0.0653. The molecule has 1 saturated heterocycles. The maximum absolute atomic E-state index is 12.7. The van der Waals surface area contributed by atoms with Crippen LogP contribution >= 0.6 is 0 Å². The van der Waals surface area contributed by atoms with Gasteiger partial charge in [0.05, 0.1) is 0 Å². The minimum Gasteiger partial charge on any atom is -0.451 e. The lowest BCUT2D eigenvalue weighted by Gasteiger charge is -2.31. The fourth-order valence-corrected chi connectivity index (χ4v) is 3.52. The summed E-state index contributed by atoms with van der Waals surface area (Å²) in [5.41, 5.74) is 1.50. The van der Waals surface area contributed by atoms with Gasteiger partial charge in [-0.25, -0.2) is 4.79 Å². The summed E-state index contributed by atoms with van der Waals surface area (Å²) in [5, 5.41) is 6.68. The van der Waals surface area contributed by atoms with Crippen LogP contribution in [-0.2, 0) is 0 Å². The summed E-state index contributed by atoms with van der Waals surface area (Å²) in [4.78, 5) is 26.5. The van der Waals surface area contributed by atoms with Crippen molar-refractivity contribution in [3.05, 3.63) is 66.4 Å². The molecule has 2 aromatic carbocycles. The van der Waals surface area contributed by atoms with E-state index in [0.29, 0.717) is 31.3 Å². The molecule has 1 aliphatic rings. The normalized spacial score (nSPS) is 14.8. The molecule has 2 heterocycles. The van der Waals surface area contributed by atoms with Gasteiger partial charge in [-0.15, -0.1) is 0 Å². The molecule has 6 heteroatoms. The average molecular weight is 377 g/mol. The molecule has 0 saturated carbocycles. The Morgan fingerprint density at radius 1 is 1.00 bits per heavy atom. The molecule has 3 aromatic rings. The Hall–Kier alpha value is -3.28. The van der Waals surface area contributed by atoms with Crippen molar-refractivity contribution in [1.82, 2.24) is 10.2 Å². The molecule has 6 nitrogen and oxygen atoms in total. The fraction of sp³-hybridized carbons (Fsp3) is 0.273. The number of furan rings is 1. The number of anilines is 1. The van der Waals surface area contributed by atoms with Gasteiger partial charge >= 0.3 is 6.03 Å². The first kappa shape index (κ1) is 18.1. The van der Waals surface area contributed by atoms with Crippen molar-refractivity contribution in [2.75, 3.05) is 25.0 Å². The summed E-state index contributed by atoms with van der Waals surface area (Å²) in [5.74, 6) is 0.686. The second-order valence-electron chi connectivity index (χ2n) is 7.09. The van der Waals surface area contributed by atoms with E-state index in [-0.39, 0.29) is 11.9 Å². The van der Waals surface area contributed by atoms with Crippen molar-refractivity contribution in [3.63, 3.8) is 0 Å². The number of carbonyl (C=O) groups is 2. The zero-order valence-corrected chi connectivity index (χ0v) is 15.6. The standard InChI is InChI=1S/C22H23N3O3/c26-21(20-14-17-6-4-5-9-19(17)28-20)25-12-10-16(11-13-25)15-23-22(27)24-18-7-2-1-3-8-18/h1-9,14,16H,10-13,15H2,(H2,23,24,27). The summed E-state index contributed by atoms with van der Waals surface area (Å²) in [7, 11) is 0. The van der Waals surface area contributed by atoms with Crippen molar-refractivity contribution >= 4 is 28.6 Å². The minimum atomic E-state index is -0.202. The molecule has 3 amide bonds. The van der Waals surface area contributed by atoms with Gasteiger partial charge in [0.15, 0.2) is 5.76 Å². The van der Waals surface area contributed by atoms with E-state index >= 15 is 0 Å². The van der Waals surface area contributed by atoms with E-state index in [1.807, 2.05) is 59.5 Å². The maximum Gasteiger partial charge on any atom is 0.319 e. The molecule has 0 radical (unpaired) electrons. The molecule has 1 aromatic heterocycles.